The molecule has 0 bridgehead atoms. The van der Waals surface area contributed by atoms with Crippen molar-refractivity contribution in [2.75, 3.05) is 25.6 Å². The highest BCUT2D eigenvalue weighted by atomic mass is 35.5. The van der Waals surface area contributed by atoms with E-state index < -0.39 is 12.0 Å². The number of carbonyl (C=O) groups excluding carboxylic acids is 1. The Balaban J connectivity index is 1.86. The fourth-order valence-electron chi connectivity index (χ4n) is 3.78. The molecule has 0 saturated heterocycles. The molecular formula is C24H25ClN4O4. The number of fused-ring (bicyclic) bond motifs is 1. The molecule has 3 aromatic rings. The van der Waals surface area contributed by atoms with Crippen molar-refractivity contribution in [3.8, 4) is 22.9 Å². The van der Waals surface area contributed by atoms with Crippen LogP contribution in [0.15, 0.2) is 53.7 Å². The average molecular weight is 469 g/mol. The first-order valence-corrected chi connectivity index (χ1v) is 11.0. The van der Waals surface area contributed by atoms with E-state index in [2.05, 4.69) is 10.3 Å². The maximum atomic E-state index is 13.0. The second-order valence-corrected chi connectivity index (χ2v) is 7.78. The second kappa shape index (κ2) is 9.54. The average Bonchev–Trinajstić information content (AvgIpc) is 3.22. The number of aromatic nitrogens is 3. The summed E-state index contributed by atoms with van der Waals surface area (Å²) < 4.78 is 18.3. The molecule has 2 aromatic carbocycles. The molecule has 8 nitrogen and oxygen atoms in total. The fraction of sp³-hybridized carbons (Fsp3) is 0.292. The zero-order chi connectivity index (χ0) is 23.5. The van der Waals surface area contributed by atoms with E-state index in [4.69, 9.17) is 30.9 Å². The summed E-state index contributed by atoms with van der Waals surface area (Å²) in [7, 11) is 1.58. The molecule has 0 radical (unpaired) electrons. The topological polar surface area (TPSA) is 87.5 Å². The molecule has 1 aliphatic heterocycles. The maximum absolute atomic E-state index is 13.0. The van der Waals surface area contributed by atoms with Gasteiger partial charge in [-0.15, -0.1) is 5.10 Å². The summed E-state index contributed by atoms with van der Waals surface area (Å²) >= 11 is 6.03. The fourth-order valence-corrected chi connectivity index (χ4v) is 3.91. The van der Waals surface area contributed by atoms with Crippen molar-refractivity contribution in [2.45, 2.75) is 26.8 Å². The van der Waals surface area contributed by atoms with Crippen LogP contribution in [0.5, 0.6) is 11.5 Å². The molecule has 0 amide bonds. The third-order valence-corrected chi connectivity index (χ3v) is 5.51. The van der Waals surface area contributed by atoms with Crippen LogP contribution >= 0.6 is 11.6 Å². The van der Waals surface area contributed by atoms with Gasteiger partial charge in [0.1, 0.15) is 6.04 Å². The van der Waals surface area contributed by atoms with E-state index in [0.717, 1.165) is 11.1 Å². The van der Waals surface area contributed by atoms with Gasteiger partial charge in [0, 0.05) is 16.3 Å². The number of carbonyl (C=O) groups is 1. The summed E-state index contributed by atoms with van der Waals surface area (Å²) in [6, 6.07) is 12.3. The monoisotopic (exact) mass is 468 g/mol. The number of methoxy groups -OCH3 is 1. The number of allylic oxidation sites excluding steroid dienone is 1. The van der Waals surface area contributed by atoms with Crippen molar-refractivity contribution >= 4 is 23.5 Å². The Kier molecular flexibility index (Phi) is 6.55. The van der Waals surface area contributed by atoms with Gasteiger partial charge in [-0.3, -0.25) is 0 Å². The molecule has 1 aliphatic rings. The van der Waals surface area contributed by atoms with Gasteiger partial charge in [0.05, 0.1) is 25.9 Å². The number of hydrogen-bond acceptors (Lipinski definition) is 7. The summed E-state index contributed by atoms with van der Waals surface area (Å²) in [6.07, 6.45) is 0. The summed E-state index contributed by atoms with van der Waals surface area (Å²) in [5.41, 5.74) is 2.69. The van der Waals surface area contributed by atoms with E-state index in [1.54, 1.807) is 30.8 Å². The second-order valence-electron chi connectivity index (χ2n) is 7.34. The van der Waals surface area contributed by atoms with Gasteiger partial charge in [0.2, 0.25) is 5.95 Å². The van der Waals surface area contributed by atoms with Gasteiger partial charge >= 0.3 is 5.97 Å². The van der Waals surface area contributed by atoms with Crippen molar-refractivity contribution in [1.29, 1.82) is 0 Å². The number of nitrogens with one attached hydrogen (secondary N) is 1. The molecule has 0 aliphatic carbocycles. The Morgan fingerprint density at radius 2 is 1.88 bits per heavy atom. The van der Waals surface area contributed by atoms with Crippen LogP contribution in [0.25, 0.3) is 11.4 Å². The number of nitrogens with zero attached hydrogens (tertiary/aromatic N) is 3. The van der Waals surface area contributed by atoms with Crippen molar-refractivity contribution in [2.24, 2.45) is 0 Å². The zero-order valence-corrected chi connectivity index (χ0v) is 19.6. The quantitative estimate of drug-likeness (QED) is 0.495. The van der Waals surface area contributed by atoms with Gasteiger partial charge in [-0.05, 0) is 62.7 Å². The Hall–Kier alpha value is -3.52. The highest BCUT2D eigenvalue weighted by molar-refractivity contribution is 6.30. The van der Waals surface area contributed by atoms with Gasteiger partial charge in [-0.2, -0.15) is 4.98 Å². The number of esters is 1. The molecule has 1 aromatic heterocycles. The third kappa shape index (κ3) is 4.39. The van der Waals surface area contributed by atoms with Crippen LogP contribution in [0, 0.1) is 0 Å². The van der Waals surface area contributed by atoms with Crippen LogP contribution in [0.1, 0.15) is 32.4 Å². The smallest absolute Gasteiger partial charge is 0.338 e. The molecular weight excluding hydrogens is 444 g/mol. The molecule has 9 heteroatoms. The Morgan fingerprint density at radius 1 is 1.12 bits per heavy atom. The number of rotatable bonds is 7. The van der Waals surface area contributed by atoms with Crippen LogP contribution in [0.4, 0.5) is 5.95 Å². The lowest BCUT2D eigenvalue weighted by Gasteiger charge is -2.28. The minimum absolute atomic E-state index is 0.259. The van der Waals surface area contributed by atoms with Crippen molar-refractivity contribution in [1.82, 2.24) is 14.8 Å². The van der Waals surface area contributed by atoms with Crippen molar-refractivity contribution in [3.63, 3.8) is 0 Å². The molecule has 2 heterocycles. The third-order valence-electron chi connectivity index (χ3n) is 5.25. The number of ether oxygens (including phenoxy) is 3. The van der Waals surface area contributed by atoms with E-state index in [-0.39, 0.29) is 6.61 Å². The minimum atomic E-state index is -0.571. The normalized spacial score (nSPS) is 15.0. The van der Waals surface area contributed by atoms with Gasteiger partial charge in [-0.1, -0.05) is 17.7 Å². The zero-order valence-electron chi connectivity index (χ0n) is 18.9. The molecule has 172 valence electrons. The van der Waals surface area contributed by atoms with Crippen LogP contribution in [0.2, 0.25) is 5.02 Å². The van der Waals surface area contributed by atoms with E-state index in [1.807, 2.05) is 44.2 Å². The summed E-state index contributed by atoms with van der Waals surface area (Å²) in [5, 5.41) is 8.56. The van der Waals surface area contributed by atoms with E-state index in [0.29, 0.717) is 46.2 Å². The van der Waals surface area contributed by atoms with Crippen molar-refractivity contribution < 1.29 is 19.0 Å². The molecule has 0 saturated carbocycles. The molecule has 1 unspecified atom stereocenters. The van der Waals surface area contributed by atoms with Gasteiger partial charge in [0.15, 0.2) is 17.3 Å². The van der Waals surface area contributed by atoms with Crippen LogP contribution in [0.3, 0.4) is 0 Å². The summed E-state index contributed by atoms with van der Waals surface area (Å²) in [6.45, 7) is 6.28. The van der Waals surface area contributed by atoms with Gasteiger partial charge in [0.25, 0.3) is 0 Å². The highest BCUT2D eigenvalue weighted by Crippen LogP contribution is 2.40. The predicted molar refractivity (Wildman–Crippen MR) is 126 cm³/mol. The molecule has 1 N–H and O–H groups in total. The van der Waals surface area contributed by atoms with E-state index in [1.165, 1.54) is 0 Å². The van der Waals surface area contributed by atoms with Crippen LogP contribution in [-0.4, -0.2) is 41.1 Å². The van der Waals surface area contributed by atoms with Gasteiger partial charge < -0.3 is 19.5 Å². The van der Waals surface area contributed by atoms with E-state index >= 15 is 0 Å². The lowest BCUT2D eigenvalue weighted by atomic mass is 9.95. The SMILES string of the molecule is CCOC(=O)C1=C(C)Nc2nc(-c3ccc(Cl)cc3)nn2C1c1ccc(OCC)c(OC)c1. The minimum Gasteiger partial charge on any atom is -0.493 e. The largest absolute Gasteiger partial charge is 0.493 e. The van der Waals surface area contributed by atoms with Crippen LogP contribution < -0.4 is 14.8 Å². The first-order valence-electron chi connectivity index (χ1n) is 10.6. The number of hydrogen-bond donors (Lipinski definition) is 1. The predicted octanol–water partition coefficient (Wildman–Crippen LogP) is 4.86. The Labute approximate surface area is 197 Å². The van der Waals surface area contributed by atoms with E-state index in [9.17, 15) is 4.79 Å². The molecule has 0 spiro atoms. The molecule has 4 rings (SSSR count). The summed E-state index contributed by atoms with van der Waals surface area (Å²) in [4.78, 5) is 17.6. The maximum Gasteiger partial charge on any atom is 0.338 e. The van der Waals surface area contributed by atoms with Gasteiger partial charge in [-0.25, -0.2) is 9.48 Å². The number of halogens is 1. The molecule has 33 heavy (non-hydrogen) atoms. The number of benzene rings is 2. The first-order chi connectivity index (χ1) is 16.0. The molecule has 1 atom stereocenters. The lowest BCUT2D eigenvalue weighted by Crippen LogP contribution is -2.29. The highest BCUT2D eigenvalue weighted by Gasteiger charge is 2.35. The summed E-state index contributed by atoms with van der Waals surface area (Å²) in [5.74, 6) is 1.79. The first kappa shape index (κ1) is 22.7. The Bertz CT molecular complexity index is 1200. The number of anilines is 1. The lowest BCUT2D eigenvalue weighted by molar-refractivity contribution is -0.139. The Morgan fingerprint density at radius 3 is 2.55 bits per heavy atom. The standard InChI is InChI=1S/C24H25ClN4O4/c1-5-32-18-12-9-16(13-19(18)31-4)21-20(23(30)33-6-2)14(3)26-24-27-22(28-29(21)24)15-7-10-17(25)11-8-15/h7-13,21H,5-6H2,1-4H3,(H,26,27,28). The van der Waals surface area contributed by atoms with Crippen molar-refractivity contribution in [3.05, 3.63) is 64.3 Å². The van der Waals surface area contributed by atoms with Crippen LogP contribution in [-0.2, 0) is 9.53 Å². The molecule has 0 fully saturated rings.